The summed E-state index contributed by atoms with van der Waals surface area (Å²) in [4.78, 5) is 27.7. The Morgan fingerprint density at radius 2 is 1.59 bits per heavy atom. The molecule has 1 saturated carbocycles. The van der Waals surface area contributed by atoms with Crippen LogP contribution in [0.4, 0.5) is 55.3 Å². The second kappa shape index (κ2) is 13.1. The summed E-state index contributed by atoms with van der Waals surface area (Å²) >= 11 is 14.6. The normalized spacial score (nSPS) is 14.0. The lowest BCUT2D eigenvalue weighted by Gasteiger charge is -2.31. The van der Waals surface area contributed by atoms with Crippen molar-refractivity contribution < 1.29 is 58.2 Å². The Bertz CT molecular complexity index is 1650. The zero-order valence-corrected chi connectivity index (χ0v) is 25.6. The molecule has 0 aliphatic heterocycles. The first-order chi connectivity index (χ1) is 21.3. The number of anilines is 2. The molecule has 1 N–H and O–H groups in total. The van der Waals surface area contributed by atoms with Gasteiger partial charge in [-0.3, -0.25) is 9.59 Å². The number of benzene rings is 3. The summed E-state index contributed by atoms with van der Waals surface area (Å²) in [6, 6.07) is 6.80. The van der Waals surface area contributed by atoms with Crippen LogP contribution < -0.4 is 15.0 Å². The topological polar surface area (TPSA) is 58.6 Å². The van der Waals surface area contributed by atoms with Gasteiger partial charge in [-0.25, -0.2) is 8.78 Å². The molecule has 0 aromatic heterocycles. The summed E-state index contributed by atoms with van der Waals surface area (Å²) in [6.07, 6.45) is -11.8. The Hall–Kier alpha value is -3.24. The molecule has 0 radical (unpaired) electrons. The fraction of sp³-hybridized carbons (Fsp3) is 0.286. The fourth-order valence-corrected chi connectivity index (χ4v) is 5.35. The smallest absolute Gasteiger partial charge is 0.433 e. The minimum Gasteiger partial charge on any atom is -0.433 e. The maximum Gasteiger partial charge on any atom is 0.435 e. The Morgan fingerprint density at radius 1 is 0.957 bits per heavy atom. The summed E-state index contributed by atoms with van der Waals surface area (Å²) in [5.41, 5.74) is -10.5. The number of amides is 2. The van der Waals surface area contributed by atoms with E-state index in [2.05, 4.69) is 20.7 Å². The van der Waals surface area contributed by atoms with Crippen LogP contribution in [0.15, 0.2) is 53.0 Å². The van der Waals surface area contributed by atoms with Gasteiger partial charge in [0.05, 0.1) is 27.5 Å². The lowest BCUT2D eigenvalue weighted by atomic mass is 9.93. The van der Waals surface area contributed by atoms with Crippen molar-refractivity contribution in [3.05, 3.63) is 85.6 Å². The number of alkyl halides is 9. The Morgan fingerprint density at radius 3 is 2.13 bits per heavy atom. The van der Waals surface area contributed by atoms with Gasteiger partial charge in [-0.1, -0.05) is 29.3 Å². The number of carbonyl (C=O) groups excluding carboxylic acids is 2. The van der Waals surface area contributed by atoms with Crippen molar-refractivity contribution in [2.24, 2.45) is 5.92 Å². The minimum atomic E-state index is -6.60. The molecule has 3 aromatic carbocycles. The minimum absolute atomic E-state index is 0.00254. The van der Waals surface area contributed by atoms with Gasteiger partial charge in [-0.15, -0.1) is 0 Å². The van der Waals surface area contributed by atoms with Crippen LogP contribution in [-0.4, -0.2) is 37.3 Å². The summed E-state index contributed by atoms with van der Waals surface area (Å²) in [7, 11) is 0. The van der Waals surface area contributed by atoms with E-state index in [-0.39, 0.29) is 40.2 Å². The van der Waals surface area contributed by atoms with Crippen LogP contribution in [0.3, 0.4) is 0 Å². The zero-order valence-electron chi connectivity index (χ0n) is 22.5. The van der Waals surface area contributed by atoms with Crippen LogP contribution in [0.5, 0.6) is 5.75 Å². The molecule has 5 nitrogen and oxygen atoms in total. The highest BCUT2D eigenvalue weighted by Gasteiger charge is 2.73. The Kier molecular flexibility index (Phi) is 10.1. The van der Waals surface area contributed by atoms with E-state index in [0.717, 1.165) is 23.1 Å². The van der Waals surface area contributed by atoms with Crippen molar-refractivity contribution in [3.63, 3.8) is 0 Å². The predicted octanol–water partition coefficient (Wildman–Crippen LogP) is 10.1. The maximum absolute atomic E-state index is 15.9. The number of rotatable bonds is 9. The molecular formula is C28H17BrCl2F10N2O3. The fourth-order valence-electron chi connectivity index (χ4n) is 4.32. The van der Waals surface area contributed by atoms with Crippen molar-refractivity contribution in [2.75, 3.05) is 16.8 Å². The highest BCUT2D eigenvalue weighted by Crippen LogP contribution is 2.55. The van der Waals surface area contributed by atoms with Crippen LogP contribution in [0.1, 0.15) is 39.1 Å². The van der Waals surface area contributed by atoms with Crippen molar-refractivity contribution in [2.45, 2.75) is 37.5 Å². The maximum atomic E-state index is 15.9. The Balaban J connectivity index is 1.75. The van der Waals surface area contributed by atoms with Gasteiger partial charge >= 0.3 is 24.6 Å². The third kappa shape index (κ3) is 7.18. The van der Waals surface area contributed by atoms with E-state index in [1.165, 1.54) is 18.2 Å². The highest BCUT2D eigenvalue weighted by molar-refractivity contribution is 9.10. The molecule has 4 rings (SSSR count). The third-order valence-electron chi connectivity index (χ3n) is 6.75. The number of ether oxygens (including phenoxy) is 1. The van der Waals surface area contributed by atoms with E-state index in [0.29, 0.717) is 12.8 Å². The molecule has 248 valence electrons. The monoisotopic (exact) mass is 768 g/mol. The molecule has 1 aliphatic carbocycles. The SMILES string of the molecule is O=C(Nc1c(Br)cc(C(F)(C(F)(F)F)C(F)(F)F)cc1OC(F)F)c1cccc(N(CC2CC2)C(=O)c2ccc(Cl)cc2Cl)c1F. The highest BCUT2D eigenvalue weighted by atomic mass is 79.9. The van der Waals surface area contributed by atoms with Crippen LogP contribution >= 0.6 is 39.1 Å². The number of carbonyl (C=O) groups is 2. The molecule has 3 aromatic rings. The first-order valence-corrected chi connectivity index (χ1v) is 14.3. The average Bonchev–Trinajstić information content (AvgIpc) is 3.75. The Labute approximate surface area is 271 Å². The standard InChI is InChI=1S/C28H17BrCl2F10N2O3/c29-17-8-13(26(35,27(36,37)38)28(39,40)41)9-20(46-25(33)34)22(17)42-23(44)16-2-1-3-19(21(16)32)43(11-12-4-5-12)24(45)15-7-6-14(30)10-18(15)31/h1-3,6-10,12,25H,4-5,11H2,(H,42,44). The van der Waals surface area contributed by atoms with Gasteiger partial charge in [0.25, 0.3) is 11.8 Å². The number of halogens is 13. The first kappa shape index (κ1) is 35.6. The van der Waals surface area contributed by atoms with Gasteiger partial charge < -0.3 is 15.0 Å². The summed E-state index contributed by atoms with van der Waals surface area (Å²) < 4.78 is 140. The van der Waals surface area contributed by atoms with Crippen molar-refractivity contribution in [3.8, 4) is 5.75 Å². The number of nitrogens with one attached hydrogen (secondary N) is 1. The summed E-state index contributed by atoms with van der Waals surface area (Å²) in [5.74, 6) is -5.05. The van der Waals surface area contributed by atoms with E-state index < -0.39 is 75.0 Å². The van der Waals surface area contributed by atoms with Gasteiger partial charge in [-0.2, -0.15) is 35.1 Å². The van der Waals surface area contributed by atoms with Crippen LogP contribution in [0.25, 0.3) is 0 Å². The van der Waals surface area contributed by atoms with Gasteiger partial charge in [0, 0.05) is 21.6 Å². The molecule has 0 atom stereocenters. The van der Waals surface area contributed by atoms with Crippen molar-refractivity contribution >= 4 is 62.3 Å². The summed E-state index contributed by atoms with van der Waals surface area (Å²) in [5, 5.41) is 2.04. The molecule has 2 amide bonds. The second-order valence-electron chi connectivity index (χ2n) is 9.94. The summed E-state index contributed by atoms with van der Waals surface area (Å²) in [6.45, 7) is -3.87. The van der Waals surface area contributed by atoms with Gasteiger partial charge in [-0.05, 0) is 77.2 Å². The van der Waals surface area contributed by atoms with Gasteiger partial charge in [0.15, 0.2) is 11.6 Å². The molecule has 1 fully saturated rings. The molecule has 0 bridgehead atoms. The molecule has 0 unspecified atom stereocenters. The largest absolute Gasteiger partial charge is 0.435 e. The quantitative estimate of drug-likeness (QED) is 0.221. The number of hydrogen-bond donors (Lipinski definition) is 1. The van der Waals surface area contributed by atoms with E-state index in [1.807, 2.05) is 5.32 Å². The average molecular weight is 770 g/mol. The lowest BCUT2D eigenvalue weighted by molar-refractivity contribution is -0.348. The van der Waals surface area contributed by atoms with E-state index in [4.69, 9.17) is 23.2 Å². The third-order valence-corrected chi connectivity index (χ3v) is 7.92. The lowest BCUT2D eigenvalue weighted by Crippen LogP contribution is -2.50. The molecular weight excluding hydrogens is 753 g/mol. The molecule has 1 aliphatic rings. The molecule has 46 heavy (non-hydrogen) atoms. The molecule has 0 heterocycles. The predicted molar refractivity (Wildman–Crippen MR) is 151 cm³/mol. The molecule has 0 saturated heterocycles. The second-order valence-corrected chi connectivity index (χ2v) is 11.6. The van der Waals surface area contributed by atoms with Crippen molar-refractivity contribution in [1.82, 2.24) is 0 Å². The van der Waals surface area contributed by atoms with E-state index >= 15 is 4.39 Å². The molecule has 0 spiro atoms. The van der Waals surface area contributed by atoms with E-state index in [1.54, 1.807) is 0 Å². The first-order valence-electron chi connectivity index (χ1n) is 12.7. The zero-order chi connectivity index (χ0) is 34.4. The van der Waals surface area contributed by atoms with Crippen molar-refractivity contribution in [1.29, 1.82) is 0 Å². The molecule has 18 heteroatoms. The van der Waals surface area contributed by atoms with E-state index in [9.17, 15) is 49.1 Å². The van der Waals surface area contributed by atoms with Gasteiger partial charge in [0.2, 0.25) is 0 Å². The van der Waals surface area contributed by atoms with Gasteiger partial charge in [0.1, 0.15) is 0 Å². The number of hydrogen-bond acceptors (Lipinski definition) is 3. The van der Waals surface area contributed by atoms with Crippen LogP contribution in [-0.2, 0) is 5.67 Å². The van der Waals surface area contributed by atoms with Crippen LogP contribution in [0.2, 0.25) is 10.0 Å². The van der Waals surface area contributed by atoms with Crippen LogP contribution in [0, 0.1) is 11.7 Å². The number of nitrogens with zero attached hydrogens (tertiary/aromatic N) is 1.